The molecule has 1 aromatic carbocycles. The lowest BCUT2D eigenvalue weighted by atomic mass is 10.2. The van der Waals surface area contributed by atoms with E-state index in [1.165, 1.54) is 24.4 Å². The Morgan fingerprint density at radius 1 is 1.25 bits per heavy atom. The van der Waals surface area contributed by atoms with E-state index in [-0.39, 0.29) is 17.0 Å². The topological polar surface area (TPSA) is 72.2 Å². The maximum absolute atomic E-state index is 13.5. The lowest BCUT2D eigenvalue weighted by molar-refractivity contribution is 0.0728. The summed E-state index contributed by atoms with van der Waals surface area (Å²) in [5, 5.41) is 8.67. The number of unbranched alkanes of at least 4 members (excludes halogenated alkanes) is 2. The SMILES string of the molecule is CCCCCOc1ccc(C(=O)Oc2ccc(C#N)c(F)c2)nc1. The van der Waals surface area contributed by atoms with Crippen LogP contribution in [0.15, 0.2) is 36.5 Å². The Morgan fingerprint density at radius 3 is 2.67 bits per heavy atom. The first kappa shape index (κ1) is 17.4. The van der Waals surface area contributed by atoms with Gasteiger partial charge in [0.05, 0.1) is 18.4 Å². The fourth-order valence-electron chi connectivity index (χ4n) is 1.94. The third-order valence-corrected chi connectivity index (χ3v) is 3.23. The molecule has 24 heavy (non-hydrogen) atoms. The van der Waals surface area contributed by atoms with E-state index in [0.29, 0.717) is 12.4 Å². The number of hydrogen-bond acceptors (Lipinski definition) is 5. The molecule has 0 bridgehead atoms. The normalized spacial score (nSPS) is 10.0. The van der Waals surface area contributed by atoms with Crippen LogP contribution in [0.1, 0.15) is 42.2 Å². The van der Waals surface area contributed by atoms with Gasteiger partial charge in [0.1, 0.15) is 29.1 Å². The van der Waals surface area contributed by atoms with Crippen LogP contribution < -0.4 is 9.47 Å². The number of pyridine rings is 1. The summed E-state index contributed by atoms with van der Waals surface area (Å²) in [6, 6.07) is 8.40. The number of esters is 1. The third kappa shape index (κ3) is 4.78. The fourth-order valence-corrected chi connectivity index (χ4v) is 1.94. The van der Waals surface area contributed by atoms with Gasteiger partial charge in [-0.25, -0.2) is 14.2 Å². The van der Waals surface area contributed by atoms with Gasteiger partial charge < -0.3 is 9.47 Å². The molecule has 0 aliphatic carbocycles. The summed E-state index contributed by atoms with van der Waals surface area (Å²) in [5.74, 6) is -0.867. The van der Waals surface area contributed by atoms with Gasteiger partial charge in [-0.3, -0.25) is 0 Å². The summed E-state index contributed by atoms with van der Waals surface area (Å²) >= 11 is 0. The molecule has 0 atom stereocenters. The smallest absolute Gasteiger partial charge is 0.362 e. The van der Waals surface area contributed by atoms with Gasteiger partial charge in [-0.15, -0.1) is 0 Å². The summed E-state index contributed by atoms with van der Waals surface area (Å²) in [4.78, 5) is 16.0. The zero-order valence-corrected chi connectivity index (χ0v) is 13.3. The molecule has 0 aliphatic heterocycles. The summed E-state index contributed by atoms with van der Waals surface area (Å²) < 4.78 is 24.0. The van der Waals surface area contributed by atoms with Crippen LogP contribution in [0.2, 0.25) is 0 Å². The van der Waals surface area contributed by atoms with Crippen molar-refractivity contribution in [2.75, 3.05) is 6.61 Å². The molecule has 124 valence electrons. The molecule has 0 saturated heterocycles. The van der Waals surface area contributed by atoms with Crippen molar-refractivity contribution in [3.8, 4) is 17.6 Å². The summed E-state index contributed by atoms with van der Waals surface area (Å²) in [6.07, 6.45) is 4.62. The molecule has 6 heteroatoms. The van der Waals surface area contributed by atoms with E-state index in [0.717, 1.165) is 25.3 Å². The molecule has 1 heterocycles. The van der Waals surface area contributed by atoms with Crippen molar-refractivity contribution in [3.05, 3.63) is 53.6 Å². The molecule has 0 fully saturated rings. The van der Waals surface area contributed by atoms with Crippen molar-refractivity contribution in [1.29, 1.82) is 5.26 Å². The van der Waals surface area contributed by atoms with E-state index >= 15 is 0 Å². The van der Waals surface area contributed by atoms with Gasteiger partial charge in [0.15, 0.2) is 0 Å². The van der Waals surface area contributed by atoms with Crippen LogP contribution in [0.4, 0.5) is 4.39 Å². The van der Waals surface area contributed by atoms with Gasteiger partial charge in [-0.05, 0) is 30.7 Å². The summed E-state index contributed by atoms with van der Waals surface area (Å²) in [5.41, 5.74) is -0.0295. The average Bonchev–Trinajstić information content (AvgIpc) is 2.59. The third-order valence-electron chi connectivity index (χ3n) is 3.23. The van der Waals surface area contributed by atoms with Gasteiger partial charge >= 0.3 is 5.97 Å². The largest absolute Gasteiger partial charge is 0.492 e. The minimum Gasteiger partial charge on any atom is -0.492 e. The Labute approximate surface area is 139 Å². The summed E-state index contributed by atoms with van der Waals surface area (Å²) in [6.45, 7) is 2.71. The second-order valence-electron chi connectivity index (χ2n) is 5.08. The van der Waals surface area contributed by atoms with Crippen molar-refractivity contribution in [2.45, 2.75) is 26.2 Å². The highest BCUT2D eigenvalue weighted by Gasteiger charge is 2.12. The monoisotopic (exact) mass is 328 g/mol. The predicted molar refractivity (Wildman–Crippen MR) is 85.3 cm³/mol. The van der Waals surface area contributed by atoms with Crippen LogP contribution in [-0.2, 0) is 0 Å². The van der Waals surface area contributed by atoms with E-state index in [4.69, 9.17) is 14.7 Å². The highest BCUT2D eigenvalue weighted by molar-refractivity contribution is 5.89. The number of nitriles is 1. The minimum absolute atomic E-state index is 0.0122. The minimum atomic E-state index is -0.744. The van der Waals surface area contributed by atoms with Gasteiger partial charge in [-0.2, -0.15) is 5.26 Å². The number of carbonyl (C=O) groups excluding carboxylic acids is 1. The highest BCUT2D eigenvalue weighted by Crippen LogP contribution is 2.18. The van der Waals surface area contributed by atoms with Gasteiger partial charge in [0, 0.05) is 6.07 Å². The first-order valence-corrected chi connectivity index (χ1v) is 7.64. The maximum atomic E-state index is 13.5. The lowest BCUT2D eigenvalue weighted by Gasteiger charge is -2.07. The molecule has 2 rings (SSSR count). The molecule has 0 radical (unpaired) electrons. The number of rotatable bonds is 7. The molecule has 0 saturated carbocycles. The van der Waals surface area contributed by atoms with Gasteiger partial charge in [0.2, 0.25) is 0 Å². The van der Waals surface area contributed by atoms with E-state index < -0.39 is 11.8 Å². The predicted octanol–water partition coefficient (Wildman–Crippen LogP) is 3.88. The van der Waals surface area contributed by atoms with Crippen LogP contribution in [0, 0.1) is 17.1 Å². The second-order valence-corrected chi connectivity index (χ2v) is 5.08. The Balaban J connectivity index is 1.95. The molecular formula is C18H17FN2O3. The van der Waals surface area contributed by atoms with Gasteiger partial charge in [0.25, 0.3) is 0 Å². The first-order chi connectivity index (χ1) is 11.6. The second kappa shape index (κ2) is 8.63. The number of carbonyl (C=O) groups is 1. The number of aromatic nitrogens is 1. The average molecular weight is 328 g/mol. The van der Waals surface area contributed by atoms with Crippen LogP contribution in [0.3, 0.4) is 0 Å². The van der Waals surface area contributed by atoms with Crippen molar-refractivity contribution in [2.24, 2.45) is 0 Å². The Kier molecular flexibility index (Phi) is 6.26. The number of halogens is 1. The van der Waals surface area contributed by atoms with Crippen LogP contribution >= 0.6 is 0 Å². The van der Waals surface area contributed by atoms with Gasteiger partial charge in [-0.1, -0.05) is 19.8 Å². The van der Waals surface area contributed by atoms with Crippen molar-refractivity contribution in [1.82, 2.24) is 4.98 Å². The lowest BCUT2D eigenvalue weighted by Crippen LogP contribution is -2.11. The Bertz CT molecular complexity index is 739. The number of ether oxygens (including phenoxy) is 2. The van der Waals surface area contributed by atoms with E-state index in [2.05, 4.69) is 11.9 Å². The zero-order valence-electron chi connectivity index (χ0n) is 13.3. The first-order valence-electron chi connectivity index (χ1n) is 7.64. The Hall–Kier alpha value is -2.94. The fraction of sp³-hybridized carbons (Fsp3) is 0.278. The maximum Gasteiger partial charge on any atom is 0.362 e. The number of benzene rings is 1. The number of nitrogens with zero attached hydrogens (tertiary/aromatic N) is 2. The molecule has 2 aromatic rings. The quantitative estimate of drug-likeness (QED) is 0.438. The molecule has 0 unspecified atom stereocenters. The van der Waals surface area contributed by atoms with E-state index in [1.54, 1.807) is 12.1 Å². The number of hydrogen-bond donors (Lipinski definition) is 0. The van der Waals surface area contributed by atoms with Crippen LogP contribution in [-0.4, -0.2) is 17.6 Å². The standard InChI is InChI=1S/C18H17FN2O3/c1-2-3-4-9-23-15-7-8-17(21-12-15)18(22)24-14-6-5-13(11-20)16(19)10-14/h5-8,10,12H,2-4,9H2,1H3. The molecule has 0 N–H and O–H groups in total. The van der Waals surface area contributed by atoms with E-state index in [1.807, 2.05) is 0 Å². The molecular weight excluding hydrogens is 311 g/mol. The van der Waals surface area contributed by atoms with Crippen LogP contribution in [0.25, 0.3) is 0 Å². The van der Waals surface area contributed by atoms with Crippen molar-refractivity contribution in [3.63, 3.8) is 0 Å². The molecule has 0 aliphatic rings. The summed E-state index contributed by atoms with van der Waals surface area (Å²) in [7, 11) is 0. The van der Waals surface area contributed by atoms with Crippen LogP contribution in [0.5, 0.6) is 11.5 Å². The molecule has 0 amide bonds. The van der Waals surface area contributed by atoms with E-state index in [9.17, 15) is 9.18 Å². The van der Waals surface area contributed by atoms with Crippen molar-refractivity contribution >= 4 is 5.97 Å². The molecule has 1 aromatic heterocycles. The van der Waals surface area contributed by atoms with Crippen molar-refractivity contribution < 1.29 is 18.7 Å². The highest BCUT2D eigenvalue weighted by atomic mass is 19.1. The molecule has 5 nitrogen and oxygen atoms in total. The molecule has 0 spiro atoms. The zero-order chi connectivity index (χ0) is 17.4. The Morgan fingerprint density at radius 2 is 2.04 bits per heavy atom.